The van der Waals surface area contributed by atoms with Crippen LogP contribution in [0.15, 0.2) is 28.5 Å². The molecule has 3 nitrogen and oxygen atoms in total. The molecule has 0 aliphatic carbocycles. The third-order valence-electron chi connectivity index (χ3n) is 1.57. The average Bonchev–Trinajstić information content (AvgIpc) is 2.15. The largest absolute Gasteiger partial charge is 0.396 e. The van der Waals surface area contributed by atoms with Crippen molar-refractivity contribution in [2.75, 3.05) is 0 Å². The molecule has 0 aromatic heterocycles. The van der Waals surface area contributed by atoms with E-state index in [2.05, 4.69) is 16.9 Å². The van der Waals surface area contributed by atoms with E-state index in [0.717, 1.165) is 11.3 Å². The van der Waals surface area contributed by atoms with Crippen LogP contribution in [0.3, 0.4) is 0 Å². The summed E-state index contributed by atoms with van der Waals surface area (Å²) in [6.07, 6.45) is 0. The number of nitrogens with two attached hydrogens (primary N) is 1. The Morgan fingerprint density at radius 3 is 1.76 bits per heavy atom. The first-order valence-corrected chi connectivity index (χ1v) is 6.09. The Kier molecular flexibility index (Phi) is 8.46. The van der Waals surface area contributed by atoms with Crippen molar-refractivity contribution >= 4 is 5.84 Å². The molecule has 3 N–H and O–H groups in total. The van der Waals surface area contributed by atoms with E-state index in [1.807, 2.05) is 55.4 Å². The van der Waals surface area contributed by atoms with Crippen molar-refractivity contribution in [2.24, 2.45) is 10.7 Å². The van der Waals surface area contributed by atoms with E-state index in [1.165, 1.54) is 0 Å². The molecule has 0 aromatic rings. The van der Waals surface area contributed by atoms with Crippen LogP contribution < -0.4 is 11.1 Å². The van der Waals surface area contributed by atoms with Gasteiger partial charge >= 0.3 is 0 Å². The minimum Gasteiger partial charge on any atom is -0.396 e. The standard InChI is InChI=1S/C12H23N3.C2H6/c1-8(2)10(13)11(14-9(3)4)15-12(5,6)7;1-2/h3,13H2,1-2,4-7H3,(H,14,15);1-2H3. The Morgan fingerprint density at radius 1 is 1.12 bits per heavy atom. The van der Waals surface area contributed by atoms with Crippen molar-refractivity contribution in [2.45, 2.75) is 60.9 Å². The molecule has 0 atom stereocenters. The number of nitrogens with zero attached hydrogens (tertiary/aromatic N) is 1. The van der Waals surface area contributed by atoms with Gasteiger partial charge in [0.25, 0.3) is 0 Å². The second-order valence-electron chi connectivity index (χ2n) is 4.95. The van der Waals surface area contributed by atoms with Crippen molar-refractivity contribution in [3.63, 3.8) is 0 Å². The summed E-state index contributed by atoms with van der Waals surface area (Å²) < 4.78 is 0. The molecule has 0 saturated carbocycles. The van der Waals surface area contributed by atoms with Crippen LogP contribution in [0.4, 0.5) is 0 Å². The van der Waals surface area contributed by atoms with Gasteiger partial charge in [-0.1, -0.05) is 20.4 Å². The molecule has 0 bridgehead atoms. The van der Waals surface area contributed by atoms with Crippen LogP contribution in [0.25, 0.3) is 0 Å². The van der Waals surface area contributed by atoms with Gasteiger partial charge in [0, 0.05) is 5.70 Å². The Labute approximate surface area is 107 Å². The van der Waals surface area contributed by atoms with Gasteiger partial charge in [-0.2, -0.15) is 0 Å². The molecule has 3 heteroatoms. The molecule has 0 radical (unpaired) electrons. The first-order valence-electron chi connectivity index (χ1n) is 6.09. The minimum absolute atomic E-state index is 0.155. The molecular weight excluding hydrogens is 210 g/mol. The molecule has 0 rings (SSSR count). The van der Waals surface area contributed by atoms with Crippen LogP contribution in [-0.2, 0) is 0 Å². The second kappa shape index (κ2) is 7.93. The Balaban J connectivity index is 0. The molecule has 0 aliphatic rings. The van der Waals surface area contributed by atoms with Crippen LogP contribution >= 0.6 is 0 Å². The van der Waals surface area contributed by atoms with Gasteiger partial charge in [0.15, 0.2) is 0 Å². The fourth-order valence-electron chi connectivity index (χ4n) is 0.930. The summed E-state index contributed by atoms with van der Waals surface area (Å²) in [5.41, 5.74) is 8.38. The fraction of sp³-hybridized carbons (Fsp3) is 0.643. The first-order chi connectivity index (χ1) is 7.63. The third kappa shape index (κ3) is 9.67. The van der Waals surface area contributed by atoms with Gasteiger partial charge in [0.05, 0.1) is 11.2 Å². The highest BCUT2D eigenvalue weighted by atomic mass is 15.0. The molecule has 0 aromatic carbocycles. The molecule has 0 amide bonds. The Hall–Kier alpha value is -1.25. The molecule has 0 saturated heterocycles. The van der Waals surface area contributed by atoms with Crippen LogP contribution in [0.2, 0.25) is 0 Å². The molecule has 0 aliphatic heterocycles. The predicted octanol–water partition coefficient (Wildman–Crippen LogP) is 3.59. The highest BCUT2D eigenvalue weighted by molar-refractivity contribution is 5.99. The van der Waals surface area contributed by atoms with Crippen LogP contribution in [0.5, 0.6) is 0 Å². The lowest BCUT2D eigenvalue weighted by atomic mass is 10.1. The molecule has 17 heavy (non-hydrogen) atoms. The number of aliphatic imine (C=N–C) groups is 1. The fourth-order valence-corrected chi connectivity index (χ4v) is 0.930. The van der Waals surface area contributed by atoms with Gasteiger partial charge < -0.3 is 11.1 Å². The van der Waals surface area contributed by atoms with E-state index in [-0.39, 0.29) is 5.54 Å². The summed E-state index contributed by atoms with van der Waals surface area (Å²) >= 11 is 0. The molecule has 100 valence electrons. The van der Waals surface area contributed by atoms with Gasteiger partial charge in [0.2, 0.25) is 0 Å². The van der Waals surface area contributed by atoms with Gasteiger partial charge in [0.1, 0.15) is 5.84 Å². The second-order valence-corrected chi connectivity index (χ2v) is 4.95. The monoisotopic (exact) mass is 239 g/mol. The van der Waals surface area contributed by atoms with Crippen molar-refractivity contribution < 1.29 is 0 Å². The molecule has 0 unspecified atom stereocenters. The van der Waals surface area contributed by atoms with Crippen molar-refractivity contribution in [3.05, 3.63) is 23.5 Å². The predicted molar refractivity (Wildman–Crippen MR) is 79.0 cm³/mol. The Morgan fingerprint density at radius 2 is 1.53 bits per heavy atom. The van der Waals surface area contributed by atoms with Gasteiger partial charge in [-0.25, -0.2) is 0 Å². The van der Waals surface area contributed by atoms with E-state index >= 15 is 0 Å². The average molecular weight is 239 g/mol. The maximum absolute atomic E-state index is 5.96. The quantitative estimate of drug-likeness (QED) is 0.571. The van der Waals surface area contributed by atoms with Crippen LogP contribution in [-0.4, -0.2) is 11.4 Å². The molecule has 0 spiro atoms. The Bertz CT molecular complexity index is 300. The normalized spacial score (nSPS) is 11.2. The summed E-state index contributed by atoms with van der Waals surface area (Å²) in [4.78, 5) is 4.53. The number of rotatable bonds is 2. The minimum atomic E-state index is -0.155. The van der Waals surface area contributed by atoms with Crippen molar-refractivity contribution in [1.29, 1.82) is 0 Å². The zero-order valence-corrected chi connectivity index (χ0v) is 12.7. The van der Waals surface area contributed by atoms with Crippen LogP contribution in [0.1, 0.15) is 55.4 Å². The lowest BCUT2D eigenvalue weighted by Crippen LogP contribution is -2.31. The number of allylic oxidation sites excluding steroid dienone is 2. The lowest BCUT2D eigenvalue weighted by molar-refractivity contribution is 0.581. The smallest absolute Gasteiger partial charge is 0.149 e. The topological polar surface area (TPSA) is 50.4 Å². The molecule has 0 heterocycles. The zero-order chi connectivity index (χ0) is 14.2. The van der Waals surface area contributed by atoms with E-state index in [1.54, 1.807) is 0 Å². The van der Waals surface area contributed by atoms with E-state index in [4.69, 9.17) is 5.73 Å². The lowest BCUT2D eigenvalue weighted by Gasteiger charge is -2.18. The van der Waals surface area contributed by atoms with Crippen molar-refractivity contribution in [3.8, 4) is 0 Å². The van der Waals surface area contributed by atoms with E-state index < -0.39 is 0 Å². The molecule has 0 fully saturated rings. The first kappa shape index (κ1) is 18.1. The summed E-state index contributed by atoms with van der Waals surface area (Å²) in [5, 5.41) is 3.09. The molecular formula is C14H29N3. The van der Waals surface area contributed by atoms with Gasteiger partial charge in [-0.15, -0.1) is 0 Å². The SMILES string of the molecule is C=C(C)NC(=NC(C)(C)C)C(N)=C(C)C.CC. The highest BCUT2D eigenvalue weighted by Gasteiger charge is 2.12. The number of hydrogen-bond acceptors (Lipinski definition) is 2. The van der Waals surface area contributed by atoms with Crippen LogP contribution in [0, 0.1) is 0 Å². The highest BCUT2D eigenvalue weighted by Crippen LogP contribution is 2.09. The maximum Gasteiger partial charge on any atom is 0.149 e. The number of nitrogens with one attached hydrogen (secondary N) is 1. The number of amidine groups is 1. The van der Waals surface area contributed by atoms with E-state index in [9.17, 15) is 0 Å². The summed E-state index contributed by atoms with van der Waals surface area (Å²) in [5.74, 6) is 0.704. The van der Waals surface area contributed by atoms with Crippen molar-refractivity contribution in [1.82, 2.24) is 5.32 Å². The van der Waals surface area contributed by atoms with E-state index in [0.29, 0.717) is 11.5 Å². The summed E-state index contributed by atoms with van der Waals surface area (Å²) in [6, 6.07) is 0. The summed E-state index contributed by atoms with van der Waals surface area (Å²) in [7, 11) is 0. The zero-order valence-electron chi connectivity index (χ0n) is 12.7. The maximum atomic E-state index is 5.96. The van der Waals surface area contributed by atoms with Gasteiger partial charge in [-0.05, 0) is 47.1 Å². The number of hydrogen-bond donors (Lipinski definition) is 2. The third-order valence-corrected chi connectivity index (χ3v) is 1.57. The van der Waals surface area contributed by atoms with Gasteiger partial charge in [-0.3, -0.25) is 4.99 Å². The summed E-state index contributed by atoms with van der Waals surface area (Å²) in [6.45, 7) is 19.7.